The molecule has 2 aromatic rings. The minimum absolute atomic E-state index is 0.279. The lowest BCUT2D eigenvalue weighted by atomic mass is 10.1. The molecule has 1 atom stereocenters. The largest absolute Gasteiger partial charge is 0.496 e. The van der Waals surface area contributed by atoms with Gasteiger partial charge in [0.25, 0.3) is 0 Å². The second-order valence-electron chi connectivity index (χ2n) is 5.13. The van der Waals surface area contributed by atoms with E-state index >= 15 is 0 Å². The molecule has 3 rings (SSSR count). The number of rotatable bonds is 5. The molecule has 1 heterocycles. The summed E-state index contributed by atoms with van der Waals surface area (Å²) in [5, 5.41) is 3.48. The zero-order valence-electron chi connectivity index (χ0n) is 12.3. The summed E-state index contributed by atoms with van der Waals surface area (Å²) in [5.41, 5.74) is 2.22. The van der Waals surface area contributed by atoms with E-state index in [-0.39, 0.29) is 6.04 Å². The highest BCUT2D eigenvalue weighted by Crippen LogP contribution is 2.34. The zero-order valence-corrected chi connectivity index (χ0v) is 12.3. The standard InChI is InChI=1S/C17H19NO3/c1-12(9-13-5-3-4-6-15(13)19-2)18-14-7-8-16-17(10-14)21-11-20-16/h3-8,10,12,18H,9,11H2,1-2H3. The molecule has 1 aliphatic heterocycles. The highest BCUT2D eigenvalue weighted by molar-refractivity contribution is 5.56. The molecule has 110 valence electrons. The summed E-state index contributed by atoms with van der Waals surface area (Å²) in [6.45, 7) is 2.45. The number of hydrogen-bond donors (Lipinski definition) is 1. The molecule has 0 aliphatic carbocycles. The third-order valence-corrected chi connectivity index (χ3v) is 3.50. The third kappa shape index (κ3) is 3.05. The van der Waals surface area contributed by atoms with Gasteiger partial charge in [-0.05, 0) is 37.1 Å². The van der Waals surface area contributed by atoms with Gasteiger partial charge in [0, 0.05) is 17.8 Å². The first-order chi connectivity index (χ1) is 10.3. The Bertz CT molecular complexity index is 627. The average molecular weight is 285 g/mol. The van der Waals surface area contributed by atoms with Gasteiger partial charge in [-0.2, -0.15) is 0 Å². The summed E-state index contributed by atoms with van der Waals surface area (Å²) in [6, 6.07) is 14.3. The molecule has 4 nitrogen and oxygen atoms in total. The van der Waals surface area contributed by atoms with Gasteiger partial charge in [-0.15, -0.1) is 0 Å². The van der Waals surface area contributed by atoms with Gasteiger partial charge >= 0.3 is 0 Å². The summed E-state index contributed by atoms with van der Waals surface area (Å²) < 4.78 is 16.1. The van der Waals surface area contributed by atoms with Crippen LogP contribution in [0.5, 0.6) is 17.2 Å². The van der Waals surface area contributed by atoms with Crippen LogP contribution < -0.4 is 19.5 Å². The Morgan fingerprint density at radius 1 is 1.14 bits per heavy atom. The van der Waals surface area contributed by atoms with Crippen molar-refractivity contribution in [2.75, 3.05) is 19.2 Å². The van der Waals surface area contributed by atoms with E-state index in [1.54, 1.807) is 7.11 Å². The van der Waals surface area contributed by atoms with Crippen molar-refractivity contribution in [1.82, 2.24) is 0 Å². The number of hydrogen-bond acceptors (Lipinski definition) is 4. The maximum absolute atomic E-state index is 5.39. The van der Waals surface area contributed by atoms with Crippen LogP contribution in [-0.4, -0.2) is 19.9 Å². The minimum Gasteiger partial charge on any atom is -0.496 e. The molecule has 21 heavy (non-hydrogen) atoms. The lowest BCUT2D eigenvalue weighted by Gasteiger charge is -2.17. The lowest BCUT2D eigenvalue weighted by molar-refractivity contribution is 0.174. The van der Waals surface area contributed by atoms with Crippen LogP contribution in [0.15, 0.2) is 42.5 Å². The van der Waals surface area contributed by atoms with Gasteiger partial charge in [0.2, 0.25) is 6.79 Å². The van der Waals surface area contributed by atoms with Crippen LogP contribution in [0.3, 0.4) is 0 Å². The fraction of sp³-hybridized carbons (Fsp3) is 0.294. The first kappa shape index (κ1) is 13.6. The van der Waals surface area contributed by atoms with E-state index < -0.39 is 0 Å². The van der Waals surface area contributed by atoms with Crippen LogP contribution in [-0.2, 0) is 6.42 Å². The normalized spacial score (nSPS) is 13.8. The Hall–Kier alpha value is -2.36. The summed E-state index contributed by atoms with van der Waals surface area (Å²) in [7, 11) is 1.70. The monoisotopic (exact) mass is 285 g/mol. The highest BCUT2D eigenvalue weighted by atomic mass is 16.7. The molecular weight excluding hydrogens is 266 g/mol. The molecule has 0 fully saturated rings. The number of methoxy groups -OCH3 is 1. The number of para-hydroxylation sites is 1. The van der Waals surface area contributed by atoms with E-state index in [1.165, 1.54) is 5.56 Å². The smallest absolute Gasteiger partial charge is 0.231 e. The molecule has 0 amide bonds. The molecule has 2 aromatic carbocycles. The molecule has 0 spiro atoms. The summed E-state index contributed by atoms with van der Waals surface area (Å²) >= 11 is 0. The van der Waals surface area contributed by atoms with Gasteiger partial charge in [0.05, 0.1) is 7.11 Å². The fourth-order valence-electron chi connectivity index (χ4n) is 2.52. The highest BCUT2D eigenvalue weighted by Gasteiger charge is 2.14. The molecule has 0 aromatic heterocycles. The van der Waals surface area contributed by atoms with Gasteiger partial charge < -0.3 is 19.5 Å². The minimum atomic E-state index is 0.279. The van der Waals surface area contributed by atoms with Crippen LogP contribution in [0.4, 0.5) is 5.69 Å². The van der Waals surface area contributed by atoms with E-state index in [2.05, 4.69) is 18.3 Å². The van der Waals surface area contributed by atoms with Gasteiger partial charge in [-0.3, -0.25) is 0 Å². The quantitative estimate of drug-likeness (QED) is 0.913. The van der Waals surface area contributed by atoms with E-state index in [1.807, 2.05) is 36.4 Å². The topological polar surface area (TPSA) is 39.7 Å². The van der Waals surface area contributed by atoms with Gasteiger partial charge in [0.15, 0.2) is 11.5 Å². The van der Waals surface area contributed by atoms with E-state index in [0.717, 1.165) is 29.4 Å². The predicted molar refractivity (Wildman–Crippen MR) is 82.3 cm³/mol. The summed E-state index contributed by atoms with van der Waals surface area (Å²) in [6.07, 6.45) is 0.887. The van der Waals surface area contributed by atoms with Crippen molar-refractivity contribution >= 4 is 5.69 Å². The van der Waals surface area contributed by atoms with Gasteiger partial charge in [-0.1, -0.05) is 18.2 Å². The Kier molecular flexibility index (Phi) is 3.86. The maximum atomic E-state index is 5.39. The van der Waals surface area contributed by atoms with Gasteiger partial charge in [0.1, 0.15) is 5.75 Å². The van der Waals surface area contributed by atoms with Crippen molar-refractivity contribution in [2.24, 2.45) is 0 Å². The first-order valence-electron chi connectivity index (χ1n) is 7.04. The van der Waals surface area contributed by atoms with E-state index in [9.17, 15) is 0 Å². The van der Waals surface area contributed by atoms with E-state index in [0.29, 0.717) is 6.79 Å². The Morgan fingerprint density at radius 3 is 2.81 bits per heavy atom. The molecule has 0 bridgehead atoms. The van der Waals surface area contributed by atoms with Crippen molar-refractivity contribution in [2.45, 2.75) is 19.4 Å². The SMILES string of the molecule is COc1ccccc1CC(C)Nc1ccc2c(c1)OCO2. The van der Waals surface area contributed by atoms with Crippen LogP contribution in [0, 0.1) is 0 Å². The number of benzene rings is 2. The predicted octanol–water partition coefficient (Wildman–Crippen LogP) is 3.47. The molecule has 1 unspecified atom stereocenters. The second-order valence-corrected chi connectivity index (χ2v) is 5.13. The third-order valence-electron chi connectivity index (χ3n) is 3.50. The van der Waals surface area contributed by atoms with Crippen LogP contribution in [0.1, 0.15) is 12.5 Å². The fourth-order valence-corrected chi connectivity index (χ4v) is 2.52. The van der Waals surface area contributed by atoms with Crippen molar-refractivity contribution < 1.29 is 14.2 Å². The summed E-state index contributed by atoms with van der Waals surface area (Å²) in [5.74, 6) is 2.53. The average Bonchev–Trinajstić information content (AvgIpc) is 2.95. The van der Waals surface area contributed by atoms with Crippen LogP contribution in [0.2, 0.25) is 0 Å². The van der Waals surface area contributed by atoms with Crippen molar-refractivity contribution in [1.29, 1.82) is 0 Å². The molecule has 0 saturated carbocycles. The van der Waals surface area contributed by atoms with Gasteiger partial charge in [-0.25, -0.2) is 0 Å². The number of nitrogens with one attached hydrogen (secondary N) is 1. The number of anilines is 1. The Labute approximate surface area is 124 Å². The number of fused-ring (bicyclic) bond motifs is 1. The molecule has 1 aliphatic rings. The second kappa shape index (κ2) is 5.95. The maximum Gasteiger partial charge on any atom is 0.231 e. The van der Waals surface area contributed by atoms with Crippen molar-refractivity contribution in [3.05, 3.63) is 48.0 Å². The Balaban J connectivity index is 1.67. The molecule has 0 saturated heterocycles. The summed E-state index contributed by atoms with van der Waals surface area (Å²) in [4.78, 5) is 0. The van der Waals surface area contributed by atoms with Crippen LogP contribution in [0.25, 0.3) is 0 Å². The Morgan fingerprint density at radius 2 is 1.95 bits per heavy atom. The first-order valence-corrected chi connectivity index (χ1v) is 7.04. The van der Waals surface area contributed by atoms with Crippen molar-refractivity contribution in [3.63, 3.8) is 0 Å². The molecule has 0 radical (unpaired) electrons. The zero-order chi connectivity index (χ0) is 14.7. The van der Waals surface area contributed by atoms with Crippen LogP contribution >= 0.6 is 0 Å². The number of ether oxygens (including phenoxy) is 3. The molecule has 1 N–H and O–H groups in total. The van der Waals surface area contributed by atoms with Crippen molar-refractivity contribution in [3.8, 4) is 17.2 Å². The van der Waals surface area contributed by atoms with E-state index in [4.69, 9.17) is 14.2 Å². The lowest BCUT2D eigenvalue weighted by Crippen LogP contribution is -2.18. The molecule has 4 heteroatoms. The molecular formula is C17H19NO3.